The first-order chi connectivity index (χ1) is 14.6. The van der Waals surface area contributed by atoms with Crippen LogP contribution in [-0.2, 0) is 19.5 Å². The number of carbonyl (C=O) groups is 1. The lowest BCUT2D eigenvalue weighted by Gasteiger charge is -2.29. The number of nitrogens with zero attached hydrogens (tertiary/aromatic N) is 3. The van der Waals surface area contributed by atoms with Crippen molar-refractivity contribution in [1.29, 1.82) is 0 Å². The molecule has 8 heteroatoms. The Morgan fingerprint density at radius 1 is 1.10 bits per heavy atom. The molecule has 1 N–H and O–H groups in total. The number of hydrogen-bond donors (Lipinski definition) is 1. The molecule has 1 aromatic carbocycles. The first kappa shape index (κ1) is 20.3. The van der Waals surface area contributed by atoms with Gasteiger partial charge in [0, 0.05) is 32.0 Å². The predicted octanol–water partition coefficient (Wildman–Crippen LogP) is 4.28. The van der Waals surface area contributed by atoms with Gasteiger partial charge in [0.25, 0.3) is 11.7 Å². The quantitative estimate of drug-likeness (QED) is 0.596. The van der Waals surface area contributed by atoms with E-state index in [1.807, 2.05) is 12.1 Å². The summed E-state index contributed by atoms with van der Waals surface area (Å²) in [5.41, 5.74) is 3.67. The van der Waals surface area contributed by atoms with Gasteiger partial charge in [0.1, 0.15) is 10.8 Å². The molecule has 5 nitrogen and oxygen atoms in total. The monoisotopic (exact) mass is 426 g/mol. The highest BCUT2D eigenvalue weighted by atomic mass is 32.2. The van der Waals surface area contributed by atoms with E-state index in [0.29, 0.717) is 0 Å². The Hall–Kier alpha value is -3.00. The van der Waals surface area contributed by atoms with Crippen molar-refractivity contribution in [2.75, 3.05) is 11.4 Å². The molecule has 4 rings (SSSR count). The SMILES string of the molecule is O=C(NCc1ccc(N2CCc3ccccc3C2)nc1)c1cccnc1SC(F)F. The summed E-state index contributed by atoms with van der Waals surface area (Å²) in [7, 11) is 0. The fourth-order valence-electron chi connectivity index (χ4n) is 3.42. The van der Waals surface area contributed by atoms with Gasteiger partial charge in [0.2, 0.25) is 0 Å². The molecular formula is C22H20F2N4OS. The summed E-state index contributed by atoms with van der Waals surface area (Å²) < 4.78 is 25.3. The highest BCUT2D eigenvalue weighted by molar-refractivity contribution is 7.99. The van der Waals surface area contributed by atoms with Crippen molar-refractivity contribution in [3.8, 4) is 0 Å². The van der Waals surface area contributed by atoms with E-state index in [4.69, 9.17) is 0 Å². The van der Waals surface area contributed by atoms with Gasteiger partial charge in [-0.1, -0.05) is 30.3 Å². The van der Waals surface area contributed by atoms with Crippen molar-refractivity contribution >= 4 is 23.5 Å². The zero-order valence-electron chi connectivity index (χ0n) is 16.1. The van der Waals surface area contributed by atoms with Gasteiger partial charge < -0.3 is 10.2 Å². The lowest BCUT2D eigenvalue weighted by atomic mass is 10.00. The van der Waals surface area contributed by atoms with Crippen LogP contribution in [0.25, 0.3) is 0 Å². The molecule has 0 bridgehead atoms. The summed E-state index contributed by atoms with van der Waals surface area (Å²) >= 11 is 0.265. The number of fused-ring (bicyclic) bond motifs is 1. The van der Waals surface area contributed by atoms with Crippen LogP contribution in [0.3, 0.4) is 0 Å². The zero-order chi connectivity index (χ0) is 20.9. The number of amides is 1. The van der Waals surface area contributed by atoms with Gasteiger partial charge >= 0.3 is 0 Å². The number of thioether (sulfide) groups is 1. The van der Waals surface area contributed by atoms with E-state index in [2.05, 4.69) is 44.5 Å². The van der Waals surface area contributed by atoms with Crippen LogP contribution < -0.4 is 10.2 Å². The summed E-state index contributed by atoms with van der Waals surface area (Å²) in [5.74, 6) is -2.18. The largest absolute Gasteiger partial charge is 0.352 e. The fourth-order valence-corrected chi connectivity index (χ4v) is 4.00. The number of carbonyl (C=O) groups excluding carboxylic acids is 1. The van der Waals surface area contributed by atoms with E-state index >= 15 is 0 Å². The molecule has 1 aliphatic rings. The van der Waals surface area contributed by atoms with Gasteiger partial charge in [-0.3, -0.25) is 4.79 Å². The van der Waals surface area contributed by atoms with Crippen LogP contribution in [0.1, 0.15) is 27.0 Å². The Morgan fingerprint density at radius 2 is 1.93 bits per heavy atom. The second kappa shape index (κ2) is 9.21. The molecular weight excluding hydrogens is 406 g/mol. The third-order valence-corrected chi connectivity index (χ3v) is 5.66. The molecule has 2 aromatic heterocycles. The van der Waals surface area contributed by atoms with E-state index in [1.165, 1.54) is 23.4 Å². The zero-order valence-corrected chi connectivity index (χ0v) is 16.9. The fraction of sp³-hybridized carbons (Fsp3) is 0.227. The number of nitrogens with one attached hydrogen (secondary N) is 1. The first-order valence-electron chi connectivity index (χ1n) is 9.55. The molecule has 0 atom stereocenters. The van der Waals surface area contributed by atoms with Gasteiger partial charge in [0.15, 0.2) is 0 Å². The van der Waals surface area contributed by atoms with Crippen LogP contribution in [0.15, 0.2) is 66.0 Å². The van der Waals surface area contributed by atoms with Gasteiger partial charge in [-0.2, -0.15) is 8.78 Å². The van der Waals surface area contributed by atoms with Crippen molar-refractivity contribution in [1.82, 2.24) is 15.3 Å². The van der Waals surface area contributed by atoms with Crippen LogP contribution in [-0.4, -0.2) is 28.2 Å². The predicted molar refractivity (Wildman–Crippen MR) is 113 cm³/mol. The van der Waals surface area contributed by atoms with E-state index < -0.39 is 11.7 Å². The Labute approximate surface area is 177 Å². The number of rotatable bonds is 6. The summed E-state index contributed by atoms with van der Waals surface area (Å²) in [4.78, 5) is 23.1. The van der Waals surface area contributed by atoms with Gasteiger partial charge in [-0.25, -0.2) is 9.97 Å². The maximum Gasteiger partial charge on any atom is 0.290 e. The highest BCUT2D eigenvalue weighted by Gasteiger charge is 2.18. The third kappa shape index (κ3) is 4.76. The molecule has 0 radical (unpaired) electrons. The Balaban J connectivity index is 1.37. The average molecular weight is 426 g/mol. The van der Waals surface area contributed by atoms with E-state index in [9.17, 15) is 13.6 Å². The molecule has 0 unspecified atom stereocenters. The number of anilines is 1. The topological polar surface area (TPSA) is 58.1 Å². The first-order valence-corrected chi connectivity index (χ1v) is 10.4. The van der Waals surface area contributed by atoms with Crippen LogP contribution >= 0.6 is 11.8 Å². The van der Waals surface area contributed by atoms with Gasteiger partial charge in [0.05, 0.1) is 5.56 Å². The molecule has 0 aliphatic carbocycles. The molecule has 0 fully saturated rings. The summed E-state index contributed by atoms with van der Waals surface area (Å²) in [5, 5.41) is 2.77. The molecule has 1 amide bonds. The van der Waals surface area contributed by atoms with Crippen molar-refractivity contribution < 1.29 is 13.6 Å². The highest BCUT2D eigenvalue weighted by Crippen LogP contribution is 2.26. The molecule has 0 saturated heterocycles. The van der Waals surface area contributed by atoms with Crippen molar-refractivity contribution in [3.05, 3.63) is 83.2 Å². The number of hydrogen-bond acceptors (Lipinski definition) is 5. The van der Waals surface area contributed by atoms with Gasteiger partial charge in [-0.15, -0.1) is 0 Å². The number of aromatic nitrogens is 2. The Kier molecular flexibility index (Phi) is 6.23. The molecule has 0 saturated carbocycles. The third-order valence-electron chi connectivity index (χ3n) is 4.93. The molecule has 0 spiro atoms. The summed E-state index contributed by atoms with van der Waals surface area (Å²) in [6.07, 6.45) is 4.11. The Bertz CT molecular complexity index is 1030. The van der Waals surface area contributed by atoms with Crippen LogP contribution in [0.2, 0.25) is 0 Å². The van der Waals surface area contributed by atoms with E-state index in [0.717, 1.165) is 30.9 Å². The standard InChI is InChI=1S/C22H20F2N4OS/c23-22(24)30-21-18(6-3-10-25-21)20(29)27-13-15-7-8-19(26-12-15)28-11-9-16-4-1-2-5-17(16)14-28/h1-8,10,12,22H,9,11,13-14H2,(H,27,29). The van der Waals surface area contributed by atoms with Gasteiger partial charge in [-0.05, 0) is 53.1 Å². The second-order valence-corrected chi connectivity index (χ2v) is 7.86. The number of alkyl halides is 2. The lowest BCUT2D eigenvalue weighted by Crippen LogP contribution is -2.31. The number of benzene rings is 1. The molecule has 30 heavy (non-hydrogen) atoms. The molecule has 154 valence electrons. The average Bonchev–Trinajstić information content (AvgIpc) is 2.77. The summed E-state index contributed by atoms with van der Waals surface area (Å²) in [6, 6.07) is 15.3. The molecule has 1 aliphatic heterocycles. The smallest absolute Gasteiger partial charge is 0.290 e. The minimum atomic E-state index is -2.63. The van der Waals surface area contributed by atoms with Crippen molar-refractivity contribution in [2.45, 2.75) is 30.3 Å². The summed E-state index contributed by atoms with van der Waals surface area (Å²) in [6.45, 7) is 1.99. The van der Waals surface area contributed by atoms with E-state index in [1.54, 1.807) is 12.3 Å². The maximum atomic E-state index is 12.7. The lowest BCUT2D eigenvalue weighted by molar-refractivity contribution is 0.0947. The van der Waals surface area contributed by atoms with Crippen LogP contribution in [0, 0.1) is 0 Å². The second-order valence-electron chi connectivity index (χ2n) is 6.88. The van der Waals surface area contributed by atoms with Crippen molar-refractivity contribution in [3.63, 3.8) is 0 Å². The van der Waals surface area contributed by atoms with E-state index in [-0.39, 0.29) is 28.9 Å². The minimum Gasteiger partial charge on any atom is -0.352 e. The van der Waals surface area contributed by atoms with Crippen LogP contribution in [0.4, 0.5) is 14.6 Å². The molecule has 3 heterocycles. The van der Waals surface area contributed by atoms with Crippen LogP contribution in [0.5, 0.6) is 0 Å². The Morgan fingerprint density at radius 3 is 2.70 bits per heavy atom. The molecule has 3 aromatic rings. The minimum absolute atomic E-state index is 0.0175. The number of halogens is 2. The van der Waals surface area contributed by atoms with Crippen molar-refractivity contribution in [2.24, 2.45) is 0 Å². The maximum absolute atomic E-state index is 12.7. The normalized spacial score (nSPS) is 13.2. The number of pyridine rings is 2.